The maximum absolute atomic E-state index is 10.5. The van der Waals surface area contributed by atoms with Crippen LogP contribution in [0.2, 0.25) is 0 Å². The second kappa shape index (κ2) is 6.77. The zero-order chi connectivity index (χ0) is 14.5. The second-order valence-electron chi connectivity index (χ2n) is 4.44. The van der Waals surface area contributed by atoms with E-state index >= 15 is 0 Å². The Morgan fingerprint density at radius 1 is 1.10 bits per heavy atom. The summed E-state index contributed by atoms with van der Waals surface area (Å²) in [6.45, 7) is 7.03. The fourth-order valence-corrected chi connectivity index (χ4v) is 2.99. The molecular formula is C16H20O3S. The molecule has 0 radical (unpaired) electrons. The number of ether oxygens (including phenoxy) is 2. The lowest BCUT2D eigenvalue weighted by atomic mass is 10.1. The van der Waals surface area contributed by atoms with Gasteiger partial charge in [-0.05, 0) is 55.5 Å². The molecule has 0 saturated heterocycles. The van der Waals surface area contributed by atoms with Crippen molar-refractivity contribution < 1.29 is 14.6 Å². The number of hydrogen-bond donors (Lipinski definition) is 1. The van der Waals surface area contributed by atoms with E-state index in [1.807, 2.05) is 50.4 Å². The molecule has 0 fully saturated rings. The Balaban J connectivity index is 2.32. The average Bonchev–Trinajstić information content (AvgIpc) is 2.86. The van der Waals surface area contributed by atoms with Crippen molar-refractivity contribution in [3.05, 3.63) is 45.6 Å². The molecule has 0 amide bonds. The highest BCUT2D eigenvalue weighted by atomic mass is 32.1. The van der Waals surface area contributed by atoms with Crippen LogP contribution < -0.4 is 9.47 Å². The standard InChI is InChI=1S/C16H20O3S/c1-4-18-13-7-6-12(10-14(13)19-5-2)15(17)16-11(3)8-9-20-16/h6-10,15,17H,4-5H2,1-3H3. The normalized spacial score (nSPS) is 12.2. The Bertz CT molecular complexity index is 563. The fraction of sp³-hybridized carbons (Fsp3) is 0.375. The molecule has 0 aliphatic carbocycles. The van der Waals surface area contributed by atoms with Gasteiger partial charge in [0.25, 0.3) is 0 Å². The molecule has 0 bridgehead atoms. The summed E-state index contributed by atoms with van der Waals surface area (Å²) in [6.07, 6.45) is -0.620. The second-order valence-corrected chi connectivity index (χ2v) is 5.39. The van der Waals surface area contributed by atoms with Gasteiger partial charge >= 0.3 is 0 Å². The summed E-state index contributed by atoms with van der Waals surface area (Å²) in [7, 11) is 0. The average molecular weight is 292 g/mol. The molecule has 0 spiro atoms. The van der Waals surface area contributed by atoms with Crippen LogP contribution in [-0.4, -0.2) is 18.3 Å². The minimum Gasteiger partial charge on any atom is -0.490 e. The van der Waals surface area contributed by atoms with Gasteiger partial charge in [0, 0.05) is 4.88 Å². The van der Waals surface area contributed by atoms with Gasteiger partial charge < -0.3 is 14.6 Å². The van der Waals surface area contributed by atoms with Crippen molar-refractivity contribution in [1.29, 1.82) is 0 Å². The number of aryl methyl sites for hydroxylation is 1. The van der Waals surface area contributed by atoms with Crippen molar-refractivity contribution in [3.8, 4) is 11.5 Å². The lowest BCUT2D eigenvalue weighted by molar-refractivity contribution is 0.222. The largest absolute Gasteiger partial charge is 0.490 e. The van der Waals surface area contributed by atoms with Crippen molar-refractivity contribution in [2.45, 2.75) is 26.9 Å². The van der Waals surface area contributed by atoms with E-state index in [0.717, 1.165) is 16.0 Å². The number of rotatable bonds is 6. The molecule has 1 aromatic heterocycles. The lowest BCUT2D eigenvalue weighted by Crippen LogP contribution is -2.02. The van der Waals surface area contributed by atoms with Gasteiger partial charge in [0.2, 0.25) is 0 Å². The van der Waals surface area contributed by atoms with Crippen LogP contribution in [0.1, 0.15) is 36.0 Å². The summed E-state index contributed by atoms with van der Waals surface area (Å²) in [5, 5.41) is 12.5. The van der Waals surface area contributed by atoms with Crippen molar-refractivity contribution >= 4 is 11.3 Å². The number of aliphatic hydroxyl groups excluding tert-OH is 1. The van der Waals surface area contributed by atoms with Crippen LogP contribution in [0.15, 0.2) is 29.6 Å². The summed E-state index contributed by atoms with van der Waals surface area (Å²) < 4.78 is 11.1. The minimum atomic E-state index is -0.620. The Morgan fingerprint density at radius 2 is 1.80 bits per heavy atom. The number of benzene rings is 1. The van der Waals surface area contributed by atoms with E-state index in [0.29, 0.717) is 24.7 Å². The van der Waals surface area contributed by atoms with Gasteiger partial charge in [-0.3, -0.25) is 0 Å². The third kappa shape index (κ3) is 3.14. The van der Waals surface area contributed by atoms with E-state index in [4.69, 9.17) is 9.47 Å². The fourth-order valence-electron chi connectivity index (χ4n) is 2.05. The molecule has 2 aromatic rings. The molecule has 1 atom stereocenters. The summed E-state index contributed by atoms with van der Waals surface area (Å²) in [6, 6.07) is 7.62. The molecule has 108 valence electrons. The van der Waals surface area contributed by atoms with Gasteiger partial charge in [-0.1, -0.05) is 6.07 Å². The van der Waals surface area contributed by atoms with E-state index in [-0.39, 0.29) is 0 Å². The Morgan fingerprint density at radius 3 is 2.40 bits per heavy atom. The van der Waals surface area contributed by atoms with Gasteiger partial charge in [-0.25, -0.2) is 0 Å². The smallest absolute Gasteiger partial charge is 0.161 e. The van der Waals surface area contributed by atoms with Crippen LogP contribution in [0.25, 0.3) is 0 Å². The van der Waals surface area contributed by atoms with E-state index in [1.54, 1.807) is 11.3 Å². The molecule has 0 aliphatic heterocycles. The molecule has 4 heteroatoms. The Hall–Kier alpha value is -1.52. The summed E-state index contributed by atoms with van der Waals surface area (Å²) in [5.74, 6) is 1.40. The molecule has 1 unspecified atom stereocenters. The third-order valence-corrected chi connectivity index (χ3v) is 4.10. The van der Waals surface area contributed by atoms with Crippen molar-refractivity contribution in [2.24, 2.45) is 0 Å². The van der Waals surface area contributed by atoms with Gasteiger partial charge in [0.1, 0.15) is 6.10 Å². The summed E-state index contributed by atoms with van der Waals surface area (Å²) >= 11 is 1.56. The van der Waals surface area contributed by atoms with Crippen LogP contribution in [-0.2, 0) is 0 Å². The molecule has 2 rings (SSSR count). The highest BCUT2D eigenvalue weighted by molar-refractivity contribution is 7.10. The predicted molar refractivity (Wildman–Crippen MR) is 81.9 cm³/mol. The first kappa shape index (κ1) is 14.9. The van der Waals surface area contributed by atoms with Crippen LogP contribution in [0.4, 0.5) is 0 Å². The minimum absolute atomic E-state index is 0.567. The first-order valence-corrected chi connectivity index (χ1v) is 7.66. The highest BCUT2D eigenvalue weighted by Crippen LogP contribution is 2.35. The topological polar surface area (TPSA) is 38.7 Å². The van der Waals surface area contributed by atoms with Crippen LogP contribution >= 0.6 is 11.3 Å². The van der Waals surface area contributed by atoms with E-state index in [2.05, 4.69) is 0 Å². The number of thiophene rings is 1. The van der Waals surface area contributed by atoms with Crippen LogP contribution in [0, 0.1) is 6.92 Å². The quantitative estimate of drug-likeness (QED) is 0.876. The third-order valence-electron chi connectivity index (χ3n) is 3.03. The predicted octanol–water partition coefficient (Wildman–Crippen LogP) is 3.94. The SMILES string of the molecule is CCOc1ccc(C(O)c2sccc2C)cc1OCC. The molecule has 3 nitrogen and oxygen atoms in total. The molecule has 1 heterocycles. The van der Waals surface area contributed by atoms with E-state index in [1.165, 1.54) is 0 Å². The molecule has 1 aromatic carbocycles. The molecule has 0 aliphatic rings. The Labute approximate surface area is 123 Å². The first-order chi connectivity index (χ1) is 9.67. The maximum atomic E-state index is 10.5. The van der Waals surface area contributed by atoms with Crippen molar-refractivity contribution in [2.75, 3.05) is 13.2 Å². The molecular weight excluding hydrogens is 272 g/mol. The summed E-state index contributed by atoms with van der Waals surface area (Å²) in [5.41, 5.74) is 1.93. The Kier molecular flexibility index (Phi) is 5.04. The van der Waals surface area contributed by atoms with Crippen LogP contribution in [0.5, 0.6) is 11.5 Å². The highest BCUT2D eigenvalue weighted by Gasteiger charge is 2.16. The van der Waals surface area contributed by atoms with Gasteiger partial charge in [-0.15, -0.1) is 11.3 Å². The van der Waals surface area contributed by atoms with Crippen molar-refractivity contribution in [1.82, 2.24) is 0 Å². The van der Waals surface area contributed by atoms with Crippen molar-refractivity contribution in [3.63, 3.8) is 0 Å². The zero-order valence-corrected chi connectivity index (χ0v) is 12.9. The summed E-state index contributed by atoms with van der Waals surface area (Å²) in [4.78, 5) is 0.969. The van der Waals surface area contributed by atoms with Crippen LogP contribution in [0.3, 0.4) is 0 Å². The van der Waals surface area contributed by atoms with Gasteiger partial charge in [0.15, 0.2) is 11.5 Å². The number of hydrogen-bond acceptors (Lipinski definition) is 4. The van der Waals surface area contributed by atoms with Gasteiger partial charge in [-0.2, -0.15) is 0 Å². The lowest BCUT2D eigenvalue weighted by Gasteiger charge is -2.15. The monoisotopic (exact) mass is 292 g/mol. The van der Waals surface area contributed by atoms with E-state index < -0.39 is 6.10 Å². The van der Waals surface area contributed by atoms with Gasteiger partial charge in [0.05, 0.1) is 13.2 Å². The van der Waals surface area contributed by atoms with E-state index in [9.17, 15) is 5.11 Å². The molecule has 20 heavy (non-hydrogen) atoms. The first-order valence-electron chi connectivity index (χ1n) is 6.79. The number of aliphatic hydroxyl groups is 1. The zero-order valence-electron chi connectivity index (χ0n) is 12.1. The molecule has 0 saturated carbocycles. The molecule has 1 N–H and O–H groups in total. The maximum Gasteiger partial charge on any atom is 0.161 e.